The van der Waals surface area contributed by atoms with E-state index in [1.165, 1.54) is 31.3 Å². The van der Waals surface area contributed by atoms with Gasteiger partial charge in [-0.3, -0.25) is 4.79 Å². The van der Waals surface area contributed by atoms with E-state index in [0.29, 0.717) is 5.69 Å². The maximum absolute atomic E-state index is 12.4. The van der Waals surface area contributed by atoms with E-state index in [4.69, 9.17) is 0 Å². The average Bonchev–Trinajstić information content (AvgIpc) is 3.04. The third-order valence-electron chi connectivity index (χ3n) is 2.94. The molecule has 24 heavy (non-hydrogen) atoms. The van der Waals surface area contributed by atoms with Crippen LogP contribution in [-0.4, -0.2) is 35.7 Å². The first kappa shape index (κ1) is 17.4. The molecule has 10 heteroatoms. The fourth-order valence-electron chi connectivity index (χ4n) is 1.74. The fourth-order valence-corrected chi connectivity index (χ4v) is 1.74. The second-order valence-corrected chi connectivity index (χ2v) is 4.55. The number of likely N-dealkylation sites (N-methyl/N-ethyl adjacent to an activating group) is 1. The first-order valence-corrected chi connectivity index (χ1v) is 6.70. The lowest BCUT2D eigenvalue weighted by Crippen LogP contribution is -2.34. The number of ether oxygens (including phenoxy) is 1. The number of hydrogen-bond donors (Lipinski definition) is 0. The number of carbonyl (C=O) groups is 2. The van der Waals surface area contributed by atoms with Gasteiger partial charge in [-0.25, -0.2) is 4.79 Å². The molecular formula is C14H12F3N3O4. The molecule has 0 aliphatic rings. The molecule has 1 aromatic heterocycles. The Bertz CT molecular complexity index is 740. The van der Waals surface area contributed by atoms with E-state index in [2.05, 4.69) is 19.4 Å². The first-order valence-electron chi connectivity index (χ1n) is 6.70. The lowest BCUT2D eigenvalue weighted by atomic mass is 10.2. The molecule has 0 unspecified atom stereocenters. The highest BCUT2D eigenvalue weighted by Gasteiger charge is 2.38. The quantitative estimate of drug-likeness (QED) is 0.628. The van der Waals surface area contributed by atoms with Gasteiger partial charge < -0.3 is 14.2 Å². The van der Waals surface area contributed by atoms with E-state index in [0.717, 1.165) is 4.90 Å². The molecule has 1 amide bonds. The monoisotopic (exact) mass is 343 g/mol. The van der Waals surface area contributed by atoms with Crippen LogP contribution in [0, 0.1) is 0 Å². The number of anilines is 1. The Morgan fingerprint density at radius 3 is 2.38 bits per heavy atom. The third-order valence-corrected chi connectivity index (χ3v) is 2.94. The number of rotatable bonds is 3. The zero-order valence-corrected chi connectivity index (χ0v) is 12.6. The molecule has 0 atom stereocenters. The van der Waals surface area contributed by atoms with Crippen LogP contribution in [0.3, 0.4) is 0 Å². The van der Waals surface area contributed by atoms with Gasteiger partial charge in [0.05, 0.1) is 6.61 Å². The number of amides is 1. The molecule has 0 saturated carbocycles. The second kappa shape index (κ2) is 6.69. The van der Waals surface area contributed by atoms with Gasteiger partial charge in [-0.15, -0.1) is 0 Å². The Hall–Kier alpha value is -2.91. The molecule has 0 saturated heterocycles. The summed E-state index contributed by atoms with van der Waals surface area (Å²) in [7, 11) is 1.37. The van der Waals surface area contributed by atoms with Crippen LogP contribution >= 0.6 is 0 Å². The van der Waals surface area contributed by atoms with Gasteiger partial charge in [0.2, 0.25) is 5.82 Å². The minimum absolute atomic E-state index is 0.0662. The van der Waals surface area contributed by atoms with Gasteiger partial charge in [0.1, 0.15) is 0 Å². The van der Waals surface area contributed by atoms with Crippen molar-refractivity contribution < 1.29 is 32.0 Å². The standard InChI is InChI=1S/C14H12F3N3O4/c1-3-23-12(22)11(21)20(2)9-6-4-8(5-7-9)10-18-13(24-19-10)14(15,16)17/h4-7H,3H2,1-2H3. The Balaban J connectivity index is 2.17. The van der Waals surface area contributed by atoms with Crippen molar-refractivity contribution in [2.75, 3.05) is 18.6 Å². The maximum atomic E-state index is 12.4. The zero-order chi connectivity index (χ0) is 17.9. The highest BCUT2D eigenvalue weighted by molar-refractivity contribution is 6.37. The average molecular weight is 343 g/mol. The topological polar surface area (TPSA) is 85.5 Å². The van der Waals surface area contributed by atoms with Crippen molar-refractivity contribution in [1.29, 1.82) is 0 Å². The van der Waals surface area contributed by atoms with Crippen LogP contribution in [0.4, 0.5) is 18.9 Å². The summed E-state index contributed by atoms with van der Waals surface area (Å²) >= 11 is 0. The normalized spacial score (nSPS) is 11.2. The van der Waals surface area contributed by atoms with Crippen LogP contribution < -0.4 is 4.90 Å². The molecular weight excluding hydrogens is 331 g/mol. The van der Waals surface area contributed by atoms with Crippen molar-refractivity contribution in [3.8, 4) is 11.4 Å². The summed E-state index contributed by atoms with van der Waals surface area (Å²) in [6.45, 7) is 1.64. The van der Waals surface area contributed by atoms with Crippen molar-refractivity contribution in [3.63, 3.8) is 0 Å². The van der Waals surface area contributed by atoms with Crippen LogP contribution in [-0.2, 0) is 20.5 Å². The van der Waals surface area contributed by atoms with E-state index < -0.39 is 23.9 Å². The van der Waals surface area contributed by atoms with Crippen LogP contribution in [0.15, 0.2) is 28.8 Å². The lowest BCUT2D eigenvalue weighted by Gasteiger charge is -2.16. The minimum atomic E-state index is -4.72. The summed E-state index contributed by atoms with van der Waals surface area (Å²) in [6, 6.07) is 5.65. The summed E-state index contributed by atoms with van der Waals surface area (Å²) in [5.74, 6) is -3.56. The number of halogens is 3. The fraction of sp³-hybridized carbons (Fsp3) is 0.286. The van der Waals surface area contributed by atoms with E-state index in [1.807, 2.05) is 0 Å². The summed E-state index contributed by atoms with van der Waals surface area (Å²) in [6.07, 6.45) is -4.72. The lowest BCUT2D eigenvalue weighted by molar-refractivity contribution is -0.159. The van der Waals surface area contributed by atoms with Gasteiger partial charge in [-0.1, -0.05) is 5.16 Å². The van der Waals surface area contributed by atoms with E-state index in [1.54, 1.807) is 6.92 Å². The van der Waals surface area contributed by atoms with Crippen molar-refractivity contribution >= 4 is 17.6 Å². The van der Waals surface area contributed by atoms with Crippen LogP contribution in [0.5, 0.6) is 0 Å². The predicted molar refractivity (Wildman–Crippen MR) is 74.8 cm³/mol. The molecule has 0 fully saturated rings. The highest BCUT2D eigenvalue weighted by atomic mass is 19.4. The summed E-state index contributed by atoms with van der Waals surface area (Å²) in [5.41, 5.74) is 0.603. The predicted octanol–water partition coefficient (Wildman–Crippen LogP) is 2.28. The molecule has 128 valence electrons. The van der Waals surface area contributed by atoms with Crippen molar-refractivity contribution in [2.45, 2.75) is 13.1 Å². The summed E-state index contributed by atoms with van der Waals surface area (Å²) in [4.78, 5) is 27.5. The van der Waals surface area contributed by atoms with Crippen LogP contribution in [0.2, 0.25) is 0 Å². The van der Waals surface area contributed by atoms with Gasteiger partial charge in [0.25, 0.3) is 0 Å². The second-order valence-electron chi connectivity index (χ2n) is 4.55. The number of alkyl halides is 3. The molecule has 0 bridgehead atoms. The molecule has 2 rings (SSSR count). The van der Waals surface area contributed by atoms with E-state index >= 15 is 0 Å². The number of carbonyl (C=O) groups excluding carboxylic acids is 2. The van der Waals surface area contributed by atoms with E-state index in [9.17, 15) is 22.8 Å². The summed E-state index contributed by atoms with van der Waals surface area (Å²) in [5, 5.41) is 3.25. The zero-order valence-electron chi connectivity index (χ0n) is 12.6. The van der Waals surface area contributed by atoms with Gasteiger partial charge >= 0.3 is 23.9 Å². The number of nitrogens with zero attached hydrogens (tertiary/aromatic N) is 3. The molecule has 0 radical (unpaired) electrons. The Morgan fingerprint density at radius 1 is 1.25 bits per heavy atom. The largest absolute Gasteiger partial charge is 0.471 e. The Kier molecular flexibility index (Phi) is 4.86. The van der Waals surface area contributed by atoms with Gasteiger partial charge in [-0.2, -0.15) is 18.2 Å². The van der Waals surface area contributed by atoms with Gasteiger partial charge in [0.15, 0.2) is 0 Å². The molecule has 0 spiro atoms. The third kappa shape index (κ3) is 3.70. The SMILES string of the molecule is CCOC(=O)C(=O)N(C)c1ccc(-c2noc(C(F)(F)F)n2)cc1. The molecule has 0 aliphatic carbocycles. The van der Waals surface area contributed by atoms with Crippen LogP contribution in [0.1, 0.15) is 12.8 Å². The smallest absolute Gasteiger partial charge is 0.459 e. The number of aromatic nitrogens is 2. The number of hydrogen-bond acceptors (Lipinski definition) is 6. The molecule has 0 N–H and O–H groups in total. The van der Waals surface area contributed by atoms with Crippen LogP contribution in [0.25, 0.3) is 11.4 Å². The van der Waals surface area contributed by atoms with Crippen molar-refractivity contribution in [3.05, 3.63) is 30.2 Å². The van der Waals surface area contributed by atoms with Gasteiger partial charge in [0, 0.05) is 18.3 Å². The van der Waals surface area contributed by atoms with Crippen molar-refractivity contribution in [2.24, 2.45) is 0 Å². The van der Waals surface area contributed by atoms with Gasteiger partial charge in [-0.05, 0) is 31.2 Å². The number of esters is 1. The number of benzene rings is 1. The van der Waals surface area contributed by atoms with E-state index in [-0.39, 0.29) is 18.0 Å². The summed E-state index contributed by atoms with van der Waals surface area (Å²) < 4.78 is 46.0. The molecule has 7 nitrogen and oxygen atoms in total. The first-order chi connectivity index (χ1) is 11.2. The minimum Gasteiger partial charge on any atom is -0.459 e. The Morgan fingerprint density at radius 2 is 1.88 bits per heavy atom. The molecule has 2 aromatic rings. The van der Waals surface area contributed by atoms with Crippen molar-refractivity contribution in [1.82, 2.24) is 10.1 Å². The Labute approximate surface area is 134 Å². The highest BCUT2D eigenvalue weighted by Crippen LogP contribution is 2.29. The molecule has 1 aromatic carbocycles. The maximum Gasteiger partial charge on any atom is 0.471 e. The molecule has 1 heterocycles. The molecule has 0 aliphatic heterocycles.